The topological polar surface area (TPSA) is 0 Å². The molecular weight excluding hydrogens is 192 g/mol. The summed E-state index contributed by atoms with van der Waals surface area (Å²) in [6.07, 6.45) is 2.49. The van der Waals surface area contributed by atoms with E-state index in [9.17, 15) is 0 Å². The van der Waals surface area contributed by atoms with Gasteiger partial charge < -0.3 is 0 Å². The van der Waals surface area contributed by atoms with Gasteiger partial charge in [-0.25, -0.2) is 0 Å². The van der Waals surface area contributed by atoms with Crippen LogP contribution in [0.5, 0.6) is 0 Å². The Bertz CT molecular complexity index is 261. The summed E-state index contributed by atoms with van der Waals surface area (Å²) < 4.78 is 0. The first-order valence-corrected chi connectivity index (χ1v) is 6.64. The molecule has 0 N–H and O–H groups in total. The Balaban J connectivity index is 0.00000106. The molecule has 1 unspecified atom stereocenters. The van der Waals surface area contributed by atoms with Crippen molar-refractivity contribution in [2.24, 2.45) is 5.92 Å². The van der Waals surface area contributed by atoms with Crippen LogP contribution < -0.4 is 0 Å². The van der Waals surface area contributed by atoms with E-state index in [1.54, 1.807) is 0 Å². The van der Waals surface area contributed by atoms with Crippen molar-refractivity contribution in [3.63, 3.8) is 0 Å². The first kappa shape index (κ1) is 15.2. The third kappa shape index (κ3) is 4.38. The number of benzene rings is 1. The zero-order valence-corrected chi connectivity index (χ0v) is 11.9. The maximum Gasteiger partial charge on any atom is -0.00754 e. The molecule has 1 aromatic carbocycles. The van der Waals surface area contributed by atoms with E-state index in [-0.39, 0.29) is 0 Å². The van der Waals surface area contributed by atoms with Gasteiger partial charge in [-0.3, -0.25) is 0 Å². The normalized spacial score (nSPS) is 13.9. The maximum atomic E-state index is 2.38. The molecule has 0 spiro atoms. The van der Waals surface area contributed by atoms with Gasteiger partial charge in [-0.05, 0) is 29.7 Å². The Hall–Kier alpha value is -0.780. The fraction of sp³-hybridized carbons (Fsp3) is 0.625. The van der Waals surface area contributed by atoms with Crippen LogP contribution in [-0.2, 0) is 5.41 Å². The Morgan fingerprint density at radius 1 is 1.06 bits per heavy atom. The molecule has 0 aliphatic rings. The van der Waals surface area contributed by atoms with E-state index in [2.05, 4.69) is 58.0 Å². The van der Waals surface area contributed by atoms with E-state index < -0.39 is 0 Å². The van der Waals surface area contributed by atoms with Gasteiger partial charge in [-0.1, -0.05) is 71.9 Å². The lowest BCUT2D eigenvalue weighted by Crippen LogP contribution is -2.22. The molecule has 0 radical (unpaired) electrons. The van der Waals surface area contributed by atoms with E-state index in [1.165, 1.54) is 18.4 Å². The quantitative estimate of drug-likeness (QED) is 0.635. The van der Waals surface area contributed by atoms with Gasteiger partial charge in [-0.15, -0.1) is 0 Å². The van der Waals surface area contributed by atoms with Crippen molar-refractivity contribution in [3.05, 3.63) is 35.9 Å². The average molecular weight is 220 g/mol. The van der Waals surface area contributed by atoms with E-state index in [1.807, 2.05) is 13.8 Å². The van der Waals surface area contributed by atoms with Crippen molar-refractivity contribution in [2.75, 3.05) is 0 Å². The predicted molar refractivity (Wildman–Crippen MR) is 74.9 cm³/mol. The Labute approximate surface area is 102 Å². The molecule has 0 bridgehead atoms. The highest BCUT2D eigenvalue weighted by molar-refractivity contribution is 5.24. The smallest absolute Gasteiger partial charge is 0.00754 e. The predicted octanol–water partition coefficient (Wildman–Crippen LogP) is 5.43. The van der Waals surface area contributed by atoms with Crippen LogP contribution in [0.3, 0.4) is 0 Å². The lowest BCUT2D eigenvalue weighted by atomic mass is 9.74. The van der Waals surface area contributed by atoms with Crippen molar-refractivity contribution in [3.8, 4) is 0 Å². The molecule has 0 nitrogen and oxygen atoms in total. The highest BCUT2D eigenvalue weighted by Gasteiger charge is 2.24. The molecule has 0 heteroatoms. The summed E-state index contributed by atoms with van der Waals surface area (Å²) >= 11 is 0. The minimum Gasteiger partial charge on any atom is -0.0683 e. The molecule has 1 rings (SSSR count). The molecule has 0 heterocycles. The van der Waals surface area contributed by atoms with Gasteiger partial charge in [-0.2, -0.15) is 0 Å². The first-order valence-electron chi connectivity index (χ1n) is 6.64. The Morgan fingerprint density at radius 3 is 1.94 bits per heavy atom. The van der Waals surface area contributed by atoms with Crippen molar-refractivity contribution < 1.29 is 0 Å². The van der Waals surface area contributed by atoms with Crippen molar-refractivity contribution in [2.45, 2.75) is 59.8 Å². The third-order valence-electron chi connectivity index (χ3n) is 3.11. The third-order valence-corrected chi connectivity index (χ3v) is 3.11. The van der Waals surface area contributed by atoms with Crippen LogP contribution in [0.4, 0.5) is 0 Å². The molecule has 0 saturated heterocycles. The summed E-state index contributed by atoms with van der Waals surface area (Å²) in [5, 5.41) is 0. The molecule has 0 fully saturated rings. The Kier molecular flexibility index (Phi) is 7.12. The highest BCUT2D eigenvalue weighted by atomic mass is 14.3. The van der Waals surface area contributed by atoms with Gasteiger partial charge in [0, 0.05) is 0 Å². The van der Waals surface area contributed by atoms with Crippen molar-refractivity contribution >= 4 is 0 Å². The van der Waals surface area contributed by atoms with Crippen LogP contribution in [0.2, 0.25) is 0 Å². The van der Waals surface area contributed by atoms with Crippen molar-refractivity contribution in [1.82, 2.24) is 0 Å². The van der Waals surface area contributed by atoms with Gasteiger partial charge in [0.2, 0.25) is 0 Å². The summed E-state index contributed by atoms with van der Waals surface area (Å²) in [6, 6.07) is 10.9. The van der Waals surface area contributed by atoms with E-state index in [0.29, 0.717) is 5.41 Å². The lowest BCUT2D eigenvalue weighted by molar-refractivity contribution is 0.357. The van der Waals surface area contributed by atoms with Crippen LogP contribution >= 0.6 is 0 Å². The molecule has 0 amide bonds. The largest absolute Gasteiger partial charge is 0.0683 e. The maximum absolute atomic E-state index is 2.38. The Morgan fingerprint density at radius 2 is 1.56 bits per heavy atom. The second-order valence-corrected chi connectivity index (χ2v) is 4.88. The number of hydrogen-bond acceptors (Lipinski definition) is 0. The van der Waals surface area contributed by atoms with Crippen LogP contribution in [0.25, 0.3) is 0 Å². The summed E-state index contributed by atoms with van der Waals surface area (Å²) in [5.74, 6) is 0.764. The van der Waals surface area contributed by atoms with Gasteiger partial charge in [0.25, 0.3) is 0 Å². The van der Waals surface area contributed by atoms with Crippen molar-refractivity contribution in [1.29, 1.82) is 0 Å². The van der Waals surface area contributed by atoms with Crippen LogP contribution in [0.15, 0.2) is 30.3 Å². The SMILES string of the molecule is CC.CCC(C)(CC(C)C)c1ccccc1. The monoisotopic (exact) mass is 220 g/mol. The second-order valence-electron chi connectivity index (χ2n) is 4.88. The summed E-state index contributed by atoms with van der Waals surface area (Å²) in [4.78, 5) is 0. The molecule has 0 aliphatic carbocycles. The number of hydrogen-bond donors (Lipinski definition) is 0. The zero-order valence-electron chi connectivity index (χ0n) is 11.9. The van der Waals surface area contributed by atoms with Gasteiger partial charge in [0.05, 0.1) is 0 Å². The highest BCUT2D eigenvalue weighted by Crippen LogP contribution is 2.33. The molecule has 16 heavy (non-hydrogen) atoms. The average Bonchev–Trinajstić information content (AvgIpc) is 2.32. The molecular formula is C16H28. The van der Waals surface area contributed by atoms with Gasteiger partial charge in [0.1, 0.15) is 0 Å². The minimum absolute atomic E-state index is 0.357. The van der Waals surface area contributed by atoms with E-state index in [0.717, 1.165) is 5.92 Å². The standard InChI is InChI=1S/C14H22.C2H6/c1-5-14(4,11-12(2)3)13-9-7-6-8-10-13;1-2/h6-10,12H,5,11H2,1-4H3;1-2H3. The van der Waals surface area contributed by atoms with Crippen LogP contribution in [0, 0.1) is 5.92 Å². The molecule has 92 valence electrons. The zero-order chi connectivity index (χ0) is 12.6. The van der Waals surface area contributed by atoms with Gasteiger partial charge >= 0.3 is 0 Å². The summed E-state index contributed by atoms with van der Waals surface area (Å²) in [5.41, 5.74) is 1.84. The lowest BCUT2D eigenvalue weighted by Gasteiger charge is -2.30. The van der Waals surface area contributed by atoms with E-state index in [4.69, 9.17) is 0 Å². The fourth-order valence-electron chi connectivity index (χ4n) is 2.21. The van der Waals surface area contributed by atoms with Crippen LogP contribution in [-0.4, -0.2) is 0 Å². The molecule has 1 aromatic rings. The van der Waals surface area contributed by atoms with Gasteiger partial charge in [0.15, 0.2) is 0 Å². The summed E-state index contributed by atoms with van der Waals surface area (Å²) in [6.45, 7) is 13.3. The second kappa shape index (κ2) is 7.49. The fourth-order valence-corrected chi connectivity index (χ4v) is 2.21. The summed E-state index contributed by atoms with van der Waals surface area (Å²) in [7, 11) is 0. The first-order chi connectivity index (χ1) is 7.58. The molecule has 0 aromatic heterocycles. The number of rotatable bonds is 4. The molecule has 0 saturated carbocycles. The molecule has 1 atom stereocenters. The molecule has 0 aliphatic heterocycles. The van der Waals surface area contributed by atoms with Crippen LogP contribution in [0.1, 0.15) is 59.9 Å². The van der Waals surface area contributed by atoms with E-state index >= 15 is 0 Å². The minimum atomic E-state index is 0.357.